The van der Waals surface area contributed by atoms with Crippen LogP contribution in [0.1, 0.15) is 28.8 Å². The number of ether oxygens (including phenoxy) is 1. The van der Waals surface area contributed by atoms with Gasteiger partial charge in [0.1, 0.15) is 23.1 Å². The van der Waals surface area contributed by atoms with Crippen LogP contribution in [0.5, 0.6) is 5.75 Å². The molecule has 0 radical (unpaired) electrons. The molecule has 0 aliphatic carbocycles. The summed E-state index contributed by atoms with van der Waals surface area (Å²) in [7, 11) is 1.68. The van der Waals surface area contributed by atoms with E-state index in [1.807, 2.05) is 35.9 Å². The van der Waals surface area contributed by atoms with Gasteiger partial charge >= 0.3 is 0 Å². The number of benzene rings is 2. The molecule has 4 rings (SSSR count). The molecule has 0 unspecified atom stereocenters. The van der Waals surface area contributed by atoms with Crippen LogP contribution in [0.25, 0.3) is 5.69 Å². The van der Waals surface area contributed by atoms with Crippen molar-refractivity contribution in [3.8, 4) is 11.4 Å². The maximum absolute atomic E-state index is 5.50. The quantitative estimate of drug-likeness (QED) is 0.806. The van der Waals surface area contributed by atoms with Crippen molar-refractivity contribution in [2.45, 2.75) is 25.9 Å². The predicted molar refractivity (Wildman–Crippen MR) is 92.4 cm³/mol. The van der Waals surface area contributed by atoms with Crippen molar-refractivity contribution in [1.29, 1.82) is 0 Å². The van der Waals surface area contributed by atoms with Gasteiger partial charge in [0.15, 0.2) is 0 Å². The molecular formula is C19H20N4O. The molecule has 1 aliphatic rings. The summed E-state index contributed by atoms with van der Waals surface area (Å²) < 4.78 is 7.40. The van der Waals surface area contributed by atoms with Gasteiger partial charge in [-0.2, -0.15) is 5.10 Å². The zero-order valence-electron chi connectivity index (χ0n) is 13.9. The Morgan fingerprint density at radius 3 is 2.67 bits per heavy atom. The van der Waals surface area contributed by atoms with Crippen molar-refractivity contribution in [2.24, 2.45) is 0 Å². The van der Waals surface area contributed by atoms with E-state index in [0.717, 1.165) is 36.1 Å². The molecule has 0 amide bonds. The number of methoxy groups -OCH3 is 1. The average molecular weight is 320 g/mol. The SMILES string of the molecule is COc1ccccc1-n1nc(C)nc1[C@H]1Cc2ccccc2CN1. The summed E-state index contributed by atoms with van der Waals surface area (Å²) in [6.45, 7) is 2.77. The Balaban J connectivity index is 1.75. The summed E-state index contributed by atoms with van der Waals surface area (Å²) in [5.41, 5.74) is 3.64. The number of hydrogen-bond donors (Lipinski definition) is 1. The molecule has 122 valence electrons. The Morgan fingerprint density at radius 2 is 1.83 bits per heavy atom. The first-order valence-electron chi connectivity index (χ1n) is 8.13. The molecule has 1 aliphatic heterocycles. The van der Waals surface area contributed by atoms with Gasteiger partial charge in [-0.1, -0.05) is 36.4 Å². The summed E-state index contributed by atoms with van der Waals surface area (Å²) in [5.74, 6) is 2.47. The third-order valence-electron chi connectivity index (χ3n) is 4.44. The molecule has 2 aromatic carbocycles. The second-order valence-corrected chi connectivity index (χ2v) is 6.01. The van der Waals surface area contributed by atoms with Crippen LogP contribution >= 0.6 is 0 Å². The number of nitrogens with zero attached hydrogens (tertiary/aromatic N) is 3. The normalized spacial score (nSPS) is 16.7. The lowest BCUT2D eigenvalue weighted by atomic mass is 9.95. The molecule has 0 saturated heterocycles. The van der Waals surface area contributed by atoms with E-state index in [2.05, 4.69) is 34.7 Å². The minimum Gasteiger partial charge on any atom is -0.494 e. The molecule has 1 aromatic heterocycles. The van der Waals surface area contributed by atoms with Gasteiger partial charge in [-0.05, 0) is 36.6 Å². The van der Waals surface area contributed by atoms with Crippen LogP contribution in [0.2, 0.25) is 0 Å². The van der Waals surface area contributed by atoms with Crippen LogP contribution in [-0.4, -0.2) is 21.9 Å². The Bertz CT molecular complexity index is 871. The summed E-state index contributed by atoms with van der Waals surface area (Å²) in [6, 6.07) is 16.6. The van der Waals surface area contributed by atoms with Crippen LogP contribution < -0.4 is 10.1 Å². The summed E-state index contributed by atoms with van der Waals surface area (Å²) in [5, 5.41) is 8.19. The van der Waals surface area contributed by atoms with Crippen molar-refractivity contribution in [3.63, 3.8) is 0 Å². The van der Waals surface area contributed by atoms with Crippen molar-refractivity contribution >= 4 is 0 Å². The predicted octanol–water partition coefficient (Wildman–Crippen LogP) is 2.97. The molecule has 0 saturated carbocycles. The van der Waals surface area contributed by atoms with Gasteiger partial charge < -0.3 is 10.1 Å². The number of para-hydroxylation sites is 2. The number of aromatic nitrogens is 3. The van der Waals surface area contributed by atoms with E-state index < -0.39 is 0 Å². The highest BCUT2D eigenvalue weighted by molar-refractivity contribution is 5.47. The average Bonchev–Trinajstić information content (AvgIpc) is 3.03. The lowest BCUT2D eigenvalue weighted by Crippen LogP contribution is -2.30. The first-order valence-corrected chi connectivity index (χ1v) is 8.13. The fourth-order valence-electron chi connectivity index (χ4n) is 3.28. The van der Waals surface area contributed by atoms with Crippen LogP contribution in [-0.2, 0) is 13.0 Å². The van der Waals surface area contributed by atoms with Crippen molar-refractivity contribution in [1.82, 2.24) is 20.1 Å². The minimum atomic E-state index is 0.131. The van der Waals surface area contributed by atoms with E-state index in [1.165, 1.54) is 11.1 Å². The second kappa shape index (κ2) is 6.09. The smallest absolute Gasteiger partial charge is 0.150 e. The van der Waals surface area contributed by atoms with E-state index in [9.17, 15) is 0 Å². The lowest BCUT2D eigenvalue weighted by Gasteiger charge is -2.26. The van der Waals surface area contributed by atoms with E-state index in [-0.39, 0.29) is 6.04 Å². The standard InChI is InChI=1S/C19H20N4O/c1-13-21-19(16-11-14-7-3-4-8-15(14)12-20-16)23(22-13)17-9-5-6-10-18(17)24-2/h3-10,16,20H,11-12H2,1-2H3/t16-/m1/s1. The molecular weight excluding hydrogens is 300 g/mol. The highest BCUT2D eigenvalue weighted by Gasteiger charge is 2.25. The minimum absolute atomic E-state index is 0.131. The summed E-state index contributed by atoms with van der Waals surface area (Å²) in [6.07, 6.45) is 0.906. The van der Waals surface area contributed by atoms with E-state index >= 15 is 0 Å². The van der Waals surface area contributed by atoms with E-state index in [1.54, 1.807) is 7.11 Å². The van der Waals surface area contributed by atoms with Gasteiger partial charge in [0.25, 0.3) is 0 Å². The van der Waals surface area contributed by atoms with Crippen molar-refractivity contribution in [2.75, 3.05) is 7.11 Å². The number of hydrogen-bond acceptors (Lipinski definition) is 4. The van der Waals surface area contributed by atoms with Crippen LogP contribution in [0, 0.1) is 6.92 Å². The fraction of sp³-hybridized carbons (Fsp3) is 0.263. The summed E-state index contributed by atoms with van der Waals surface area (Å²) >= 11 is 0. The van der Waals surface area contributed by atoms with Gasteiger partial charge in [-0.25, -0.2) is 9.67 Å². The number of nitrogens with one attached hydrogen (secondary N) is 1. The zero-order chi connectivity index (χ0) is 16.5. The molecule has 0 spiro atoms. The zero-order valence-corrected chi connectivity index (χ0v) is 13.9. The van der Waals surface area contributed by atoms with Crippen molar-refractivity contribution < 1.29 is 4.74 Å². The molecule has 1 atom stereocenters. The number of fused-ring (bicyclic) bond motifs is 1. The fourth-order valence-corrected chi connectivity index (χ4v) is 3.28. The van der Waals surface area contributed by atoms with Gasteiger partial charge in [0, 0.05) is 6.54 Å². The van der Waals surface area contributed by atoms with Gasteiger partial charge in [-0.3, -0.25) is 0 Å². The maximum Gasteiger partial charge on any atom is 0.150 e. The van der Waals surface area contributed by atoms with Gasteiger partial charge in [0.2, 0.25) is 0 Å². The number of rotatable bonds is 3. The molecule has 1 N–H and O–H groups in total. The molecule has 2 heterocycles. The Morgan fingerprint density at radius 1 is 1.08 bits per heavy atom. The van der Waals surface area contributed by atoms with Crippen LogP contribution in [0.4, 0.5) is 0 Å². The molecule has 0 fully saturated rings. The van der Waals surface area contributed by atoms with E-state index in [0.29, 0.717) is 0 Å². The monoisotopic (exact) mass is 320 g/mol. The third kappa shape index (κ3) is 2.57. The Hall–Kier alpha value is -2.66. The maximum atomic E-state index is 5.50. The van der Waals surface area contributed by atoms with Gasteiger partial charge in [0.05, 0.1) is 13.2 Å². The third-order valence-corrected chi connectivity index (χ3v) is 4.44. The summed E-state index contributed by atoms with van der Waals surface area (Å²) in [4.78, 5) is 4.69. The first kappa shape index (κ1) is 14.9. The van der Waals surface area contributed by atoms with E-state index in [4.69, 9.17) is 9.72 Å². The largest absolute Gasteiger partial charge is 0.494 e. The highest BCUT2D eigenvalue weighted by Crippen LogP contribution is 2.29. The molecule has 24 heavy (non-hydrogen) atoms. The first-order chi connectivity index (χ1) is 11.8. The van der Waals surface area contributed by atoms with Crippen molar-refractivity contribution in [3.05, 3.63) is 71.3 Å². The molecule has 5 heteroatoms. The Kier molecular flexibility index (Phi) is 3.78. The van der Waals surface area contributed by atoms with Gasteiger partial charge in [-0.15, -0.1) is 0 Å². The molecule has 0 bridgehead atoms. The van der Waals surface area contributed by atoms with Crippen LogP contribution in [0.3, 0.4) is 0 Å². The lowest BCUT2D eigenvalue weighted by molar-refractivity contribution is 0.408. The molecule has 3 aromatic rings. The second-order valence-electron chi connectivity index (χ2n) is 6.01. The highest BCUT2D eigenvalue weighted by atomic mass is 16.5. The van der Waals surface area contributed by atoms with Crippen LogP contribution in [0.15, 0.2) is 48.5 Å². The number of aryl methyl sites for hydroxylation is 1. The molecule has 5 nitrogen and oxygen atoms in total. The Labute approximate surface area is 141 Å². The topological polar surface area (TPSA) is 52.0 Å².